The van der Waals surface area contributed by atoms with Crippen LogP contribution in [0.25, 0.3) is 17.2 Å². The van der Waals surface area contributed by atoms with Crippen molar-refractivity contribution in [3.8, 4) is 11.1 Å². The molecule has 0 aliphatic heterocycles. The average Bonchev–Trinajstić information content (AvgIpc) is 3.40. The Morgan fingerprint density at radius 2 is 1.38 bits per heavy atom. The van der Waals surface area contributed by atoms with Gasteiger partial charge in [0.1, 0.15) is 5.82 Å². The number of carbonyl (C=O) groups is 1. The summed E-state index contributed by atoms with van der Waals surface area (Å²) in [6.45, 7) is 22.1. The van der Waals surface area contributed by atoms with Crippen LogP contribution >= 0.6 is 23.1 Å². The molecule has 0 radical (unpaired) electrons. The zero-order chi connectivity index (χ0) is 31.7. The topological polar surface area (TPSA) is 17.1 Å². The number of allylic oxidation sites excluding steroid dienone is 3. The van der Waals surface area contributed by atoms with E-state index in [9.17, 15) is 22.4 Å². The fraction of sp³-hybridized carbons (Fsp3) is 0.545. The molecule has 40 heavy (non-hydrogen) atoms. The molecule has 0 N–H and O–H groups in total. The summed E-state index contributed by atoms with van der Waals surface area (Å²) in [5.74, 6) is -1.39. The summed E-state index contributed by atoms with van der Waals surface area (Å²) in [5, 5.41) is 1.68. The highest BCUT2D eigenvalue weighted by Crippen LogP contribution is 2.36. The highest BCUT2D eigenvalue weighted by molar-refractivity contribution is 8.07. The molecule has 0 fully saturated rings. The van der Waals surface area contributed by atoms with Crippen molar-refractivity contribution in [3.63, 3.8) is 0 Å². The van der Waals surface area contributed by atoms with Gasteiger partial charge in [0.15, 0.2) is 5.78 Å². The summed E-state index contributed by atoms with van der Waals surface area (Å²) in [6, 6.07) is 4.62. The quantitative estimate of drug-likeness (QED) is 0.209. The van der Waals surface area contributed by atoms with Gasteiger partial charge in [-0.1, -0.05) is 118 Å². The molecule has 1 heterocycles. The largest absolute Gasteiger partial charge is 0.419 e. The second-order valence-corrected chi connectivity index (χ2v) is 10.4. The van der Waals surface area contributed by atoms with Gasteiger partial charge in [0.05, 0.1) is 10.5 Å². The number of unbranched alkanes of at least 4 members (excludes halogenated alkanes) is 4. The molecule has 0 aliphatic rings. The van der Waals surface area contributed by atoms with Crippen molar-refractivity contribution < 1.29 is 22.4 Å². The van der Waals surface area contributed by atoms with Crippen LogP contribution in [-0.2, 0) is 11.0 Å². The fourth-order valence-corrected chi connectivity index (χ4v) is 4.49. The van der Waals surface area contributed by atoms with Crippen LogP contribution in [0.15, 0.2) is 45.5 Å². The molecule has 0 saturated carbocycles. The van der Waals surface area contributed by atoms with Gasteiger partial charge in [0.25, 0.3) is 0 Å². The molecule has 7 heteroatoms. The molecule has 0 amide bonds. The molecule has 0 unspecified atom stereocenters. The van der Waals surface area contributed by atoms with Crippen LogP contribution in [0.4, 0.5) is 17.6 Å². The number of thiophene rings is 1. The first-order valence-electron chi connectivity index (χ1n) is 14.4. The lowest BCUT2D eigenvalue weighted by Crippen LogP contribution is -2.08. The molecule has 230 valence electrons. The Bertz CT molecular complexity index is 963. The van der Waals surface area contributed by atoms with Gasteiger partial charge in [-0.15, -0.1) is 11.3 Å². The SMILES string of the molecule is CC.CC.CC=C(C)S/C(=C\c1cc(-c2ccc(F)c(C(F)(F)F)c2)cs1)C(C)=O.CCCCC.CCCCC. The van der Waals surface area contributed by atoms with Crippen LogP contribution in [0, 0.1) is 5.82 Å². The Labute approximate surface area is 250 Å². The van der Waals surface area contributed by atoms with Gasteiger partial charge in [-0.25, -0.2) is 4.39 Å². The number of halogens is 4. The average molecular weight is 605 g/mol. The molecule has 1 aromatic heterocycles. The van der Waals surface area contributed by atoms with Crippen molar-refractivity contribution in [1.29, 1.82) is 0 Å². The summed E-state index contributed by atoms with van der Waals surface area (Å²) in [4.78, 5) is 14.0. The van der Waals surface area contributed by atoms with Gasteiger partial charge in [0, 0.05) is 4.88 Å². The number of hydrogen-bond donors (Lipinski definition) is 0. The Kier molecular flexibility index (Phi) is 27.8. The zero-order valence-electron chi connectivity index (χ0n) is 26.5. The maximum absolute atomic E-state index is 13.4. The van der Waals surface area contributed by atoms with E-state index in [0.29, 0.717) is 10.5 Å². The van der Waals surface area contributed by atoms with Gasteiger partial charge >= 0.3 is 6.18 Å². The van der Waals surface area contributed by atoms with Crippen molar-refractivity contribution in [2.24, 2.45) is 0 Å². The first-order valence-corrected chi connectivity index (χ1v) is 16.1. The van der Waals surface area contributed by atoms with Gasteiger partial charge < -0.3 is 0 Å². The number of Topliss-reactive ketones (excluding diaryl/α,β-unsaturated/α-hetero) is 1. The van der Waals surface area contributed by atoms with Crippen molar-refractivity contribution in [2.45, 2.75) is 121 Å². The van der Waals surface area contributed by atoms with Crippen molar-refractivity contribution in [2.75, 3.05) is 0 Å². The van der Waals surface area contributed by atoms with Crippen molar-refractivity contribution in [3.05, 3.63) is 61.8 Å². The molecule has 0 aliphatic carbocycles. The second-order valence-electron chi connectivity index (χ2n) is 8.20. The van der Waals surface area contributed by atoms with E-state index in [4.69, 9.17) is 0 Å². The number of ketones is 1. The molecule has 0 atom stereocenters. The maximum atomic E-state index is 13.4. The second kappa shape index (κ2) is 26.1. The lowest BCUT2D eigenvalue weighted by molar-refractivity contribution is -0.139. The highest BCUT2D eigenvalue weighted by Gasteiger charge is 2.34. The number of hydrogen-bond acceptors (Lipinski definition) is 3. The summed E-state index contributed by atoms with van der Waals surface area (Å²) in [5.41, 5.74) is -0.472. The normalized spacial score (nSPS) is 11.0. The minimum Gasteiger partial charge on any atom is -0.294 e. The molecule has 0 saturated heterocycles. The molecular formula is C33H52F4OS2. The molecule has 2 aromatic rings. The zero-order valence-corrected chi connectivity index (χ0v) is 28.2. The summed E-state index contributed by atoms with van der Waals surface area (Å²) in [6.07, 6.45) is 7.00. The van der Waals surface area contributed by atoms with Gasteiger partial charge in [-0.3, -0.25) is 4.79 Å². The first kappa shape index (κ1) is 42.6. The number of rotatable bonds is 9. The molecule has 1 aromatic carbocycles. The van der Waals surface area contributed by atoms with Crippen LogP contribution in [-0.4, -0.2) is 5.78 Å². The van der Waals surface area contributed by atoms with E-state index in [2.05, 4.69) is 27.7 Å². The van der Waals surface area contributed by atoms with Crippen molar-refractivity contribution >= 4 is 35.0 Å². The summed E-state index contributed by atoms with van der Waals surface area (Å²) >= 11 is 2.65. The van der Waals surface area contributed by atoms with Crippen LogP contribution in [0.1, 0.15) is 125 Å². The lowest BCUT2D eigenvalue weighted by Gasteiger charge is -2.09. The van der Waals surface area contributed by atoms with Crippen LogP contribution in [0.5, 0.6) is 0 Å². The smallest absolute Gasteiger partial charge is 0.294 e. The minimum absolute atomic E-state index is 0.0905. The van der Waals surface area contributed by atoms with Crippen molar-refractivity contribution in [1.82, 2.24) is 0 Å². The van der Waals surface area contributed by atoms with Gasteiger partial charge in [-0.2, -0.15) is 13.2 Å². The van der Waals surface area contributed by atoms with E-state index >= 15 is 0 Å². The predicted molar refractivity (Wildman–Crippen MR) is 173 cm³/mol. The third-order valence-corrected chi connectivity index (χ3v) is 7.00. The third kappa shape index (κ3) is 19.3. The predicted octanol–water partition coefficient (Wildman–Crippen LogP) is 13.6. The fourth-order valence-electron chi connectivity index (χ4n) is 2.77. The van der Waals surface area contributed by atoms with E-state index in [-0.39, 0.29) is 11.3 Å². The van der Waals surface area contributed by atoms with Crippen LogP contribution in [0.3, 0.4) is 0 Å². The lowest BCUT2D eigenvalue weighted by atomic mass is 10.0. The Morgan fingerprint density at radius 1 is 0.875 bits per heavy atom. The maximum Gasteiger partial charge on any atom is 0.419 e. The van der Waals surface area contributed by atoms with E-state index in [1.165, 1.54) is 74.6 Å². The molecule has 0 bridgehead atoms. The number of alkyl halides is 3. The number of carbonyl (C=O) groups excluding carboxylic acids is 1. The monoisotopic (exact) mass is 604 g/mol. The van der Waals surface area contributed by atoms with Gasteiger partial charge in [0.2, 0.25) is 0 Å². The van der Waals surface area contributed by atoms with E-state index in [1.54, 1.807) is 17.5 Å². The Balaban J connectivity index is -0.000000818. The summed E-state index contributed by atoms with van der Waals surface area (Å²) in [7, 11) is 0. The minimum atomic E-state index is -4.75. The molecular weight excluding hydrogens is 552 g/mol. The molecule has 2 rings (SSSR count). The van der Waals surface area contributed by atoms with E-state index in [0.717, 1.165) is 21.9 Å². The van der Waals surface area contributed by atoms with Crippen LogP contribution < -0.4 is 0 Å². The van der Waals surface area contributed by atoms with E-state index in [1.807, 2.05) is 47.6 Å². The van der Waals surface area contributed by atoms with Gasteiger partial charge in [-0.05, 0) is 66.5 Å². The molecule has 0 spiro atoms. The van der Waals surface area contributed by atoms with Crippen LogP contribution in [0.2, 0.25) is 0 Å². The highest BCUT2D eigenvalue weighted by atomic mass is 32.2. The Morgan fingerprint density at radius 3 is 1.75 bits per heavy atom. The van der Waals surface area contributed by atoms with E-state index < -0.39 is 17.6 Å². The third-order valence-electron chi connectivity index (χ3n) is 4.94. The number of benzene rings is 1. The summed E-state index contributed by atoms with van der Waals surface area (Å²) < 4.78 is 52.0. The molecule has 1 nitrogen and oxygen atoms in total. The Hall–Kier alpha value is -1.86. The standard InChI is InChI=1S/C19H16F4OS2.2C5H12.2C2H6/c1-4-11(2)26-18(12(3)24)9-15-7-14(10-25-15)13-5-6-17(20)16(8-13)19(21,22)23;2*1-3-5-4-2;2*1-2/h4-10H,1-3H3;2*3-5H2,1-2H3;2*1-2H3/b11-4?,18-9-;;;;. The number of thioether (sulfide) groups is 1. The first-order chi connectivity index (χ1) is 18.9.